The number of fused-ring (bicyclic) bond motifs is 1. The minimum Gasteiger partial charge on any atom is -0.496 e. The largest absolute Gasteiger partial charge is 0.496 e. The van der Waals surface area contributed by atoms with E-state index >= 15 is 0 Å². The van der Waals surface area contributed by atoms with Crippen molar-refractivity contribution in [2.45, 2.75) is 0 Å². The highest BCUT2D eigenvalue weighted by atomic mass is 16.5. The molecule has 0 saturated carbocycles. The van der Waals surface area contributed by atoms with E-state index in [0.29, 0.717) is 33.9 Å². The van der Waals surface area contributed by atoms with Crippen molar-refractivity contribution in [1.29, 1.82) is 0 Å². The molecule has 1 N–H and O–H groups in total. The van der Waals surface area contributed by atoms with Crippen molar-refractivity contribution in [3.63, 3.8) is 0 Å². The van der Waals surface area contributed by atoms with Gasteiger partial charge in [-0.15, -0.1) is 0 Å². The lowest BCUT2D eigenvalue weighted by atomic mass is 9.98. The summed E-state index contributed by atoms with van der Waals surface area (Å²) < 4.78 is 33.7. The second kappa shape index (κ2) is 9.91. The van der Waals surface area contributed by atoms with Crippen molar-refractivity contribution in [3.05, 3.63) is 64.3 Å². The Morgan fingerprint density at radius 1 is 0.722 bits per heavy atom. The highest BCUT2D eigenvalue weighted by Crippen LogP contribution is 2.45. The summed E-state index contributed by atoms with van der Waals surface area (Å²) in [6, 6.07) is 12.8. The molecule has 0 aliphatic heterocycles. The summed E-state index contributed by atoms with van der Waals surface area (Å²) in [6.07, 6.45) is 0. The van der Waals surface area contributed by atoms with Crippen molar-refractivity contribution < 1.29 is 38.0 Å². The number of aromatic carboxylic acids is 1. The van der Waals surface area contributed by atoms with Crippen molar-refractivity contribution in [3.8, 4) is 51.2 Å². The van der Waals surface area contributed by atoms with Crippen LogP contribution in [0.2, 0.25) is 0 Å². The van der Waals surface area contributed by atoms with Gasteiger partial charge in [-0.2, -0.15) is 0 Å². The fraction of sp³-hybridized carbons (Fsp3) is 0.185. The number of carboxylic acids is 1. The molecule has 0 spiro atoms. The summed E-state index contributed by atoms with van der Waals surface area (Å²) in [5.41, 5.74) is 1.39. The van der Waals surface area contributed by atoms with E-state index < -0.39 is 11.4 Å². The number of ether oxygens (including phenoxy) is 5. The Balaban J connectivity index is 2.12. The molecule has 36 heavy (non-hydrogen) atoms. The minimum absolute atomic E-state index is 0.0228. The zero-order valence-electron chi connectivity index (χ0n) is 20.3. The molecule has 0 saturated heterocycles. The van der Waals surface area contributed by atoms with E-state index in [4.69, 9.17) is 28.1 Å². The highest BCUT2D eigenvalue weighted by Gasteiger charge is 2.26. The molecule has 0 atom stereocenters. The molecule has 0 bridgehead atoms. The van der Waals surface area contributed by atoms with Gasteiger partial charge < -0.3 is 33.2 Å². The Labute approximate surface area is 206 Å². The first-order chi connectivity index (χ1) is 17.4. The first kappa shape index (κ1) is 24.5. The average molecular weight is 492 g/mol. The Bertz CT molecular complexity index is 1500. The van der Waals surface area contributed by atoms with Gasteiger partial charge in [-0.3, -0.25) is 4.79 Å². The molecule has 186 valence electrons. The van der Waals surface area contributed by atoms with Crippen LogP contribution >= 0.6 is 0 Å². The highest BCUT2D eigenvalue weighted by molar-refractivity contribution is 6.01. The van der Waals surface area contributed by atoms with Gasteiger partial charge in [0.2, 0.25) is 11.2 Å². The van der Waals surface area contributed by atoms with E-state index in [9.17, 15) is 14.7 Å². The minimum atomic E-state index is -1.06. The number of hydrogen-bond donors (Lipinski definition) is 1. The number of carboxylic acid groups (broad SMARTS) is 1. The lowest BCUT2D eigenvalue weighted by molar-refractivity contribution is 0.0697. The molecule has 1 heterocycles. The normalized spacial score (nSPS) is 10.7. The molecular formula is C27H24O9. The molecule has 9 nitrogen and oxygen atoms in total. The number of hydrogen-bond acceptors (Lipinski definition) is 8. The third kappa shape index (κ3) is 4.04. The van der Waals surface area contributed by atoms with Gasteiger partial charge in [0.25, 0.3) is 0 Å². The van der Waals surface area contributed by atoms with Crippen LogP contribution in [0.25, 0.3) is 33.4 Å². The molecule has 4 rings (SSSR count). The fourth-order valence-corrected chi connectivity index (χ4v) is 4.02. The van der Waals surface area contributed by atoms with Crippen molar-refractivity contribution >= 4 is 16.9 Å². The molecule has 0 amide bonds. The van der Waals surface area contributed by atoms with Gasteiger partial charge in [0, 0.05) is 11.6 Å². The number of methoxy groups -OCH3 is 5. The Morgan fingerprint density at radius 2 is 1.33 bits per heavy atom. The fourth-order valence-electron chi connectivity index (χ4n) is 4.02. The Morgan fingerprint density at radius 3 is 1.89 bits per heavy atom. The van der Waals surface area contributed by atoms with Gasteiger partial charge in [-0.25, -0.2) is 4.79 Å². The lowest BCUT2D eigenvalue weighted by Gasteiger charge is -2.17. The monoisotopic (exact) mass is 492 g/mol. The molecule has 0 aliphatic carbocycles. The van der Waals surface area contributed by atoms with E-state index in [1.807, 2.05) is 0 Å². The molecule has 9 heteroatoms. The summed E-state index contributed by atoms with van der Waals surface area (Å²) in [7, 11) is 7.32. The maximum absolute atomic E-state index is 13.7. The third-order valence-electron chi connectivity index (χ3n) is 5.76. The average Bonchev–Trinajstić information content (AvgIpc) is 2.91. The molecule has 0 aliphatic rings. The maximum atomic E-state index is 13.7. The lowest BCUT2D eigenvalue weighted by Crippen LogP contribution is -2.10. The van der Waals surface area contributed by atoms with Crippen molar-refractivity contribution in [1.82, 2.24) is 0 Å². The predicted octanol–water partition coefficient (Wildman–Crippen LogP) is 4.87. The van der Waals surface area contributed by atoms with Crippen LogP contribution in [0.1, 0.15) is 10.4 Å². The van der Waals surface area contributed by atoms with E-state index in [1.54, 1.807) is 36.4 Å². The van der Waals surface area contributed by atoms with E-state index in [2.05, 4.69) is 0 Å². The van der Waals surface area contributed by atoms with Gasteiger partial charge in [0.15, 0.2) is 22.8 Å². The van der Waals surface area contributed by atoms with Crippen molar-refractivity contribution in [2.75, 3.05) is 35.5 Å². The van der Waals surface area contributed by atoms with Gasteiger partial charge in [0.1, 0.15) is 16.9 Å². The Hall–Kier alpha value is -4.66. The maximum Gasteiger partial charge on any atom is 0.335 e. The standard InChI is InChI=1S/C27H24O9/c1-31-17-11-10-16(12-18(17)32-2)24-26(35-5)23(28)22-20(34-4)13-19(33-3)21(25(22)36-24)14-6-8-15(9-7-14)27(29)30/h6-13H,1-5H3,(H,29,30). The van der Waals surface area contributed by atoms with Crippen LogP contribution in [-0.4, -0.2) is 46.6 Å². The summed E-state index contributed by atoms with van der Waals surface area (Å²) in [4.78, 5) is 25.0. The first-order valence-electron chi connectivity index (χ1n) is 10.7. The molecule has 0 unspecified atom stereocenters. The second-order valence-corrected chi connectivity index (χ2v) is 7.61. The second-order valence-electron chi connectivity index (χ2n) is 7.61. The van der Waals surface area contributed by atoms with Crippen molar-refractivity contribution in [2.24, 2.45) is 0 Å². The molecule has 3 aromatic carbocycles. The number of carbonyl (C=O) groups is 1. The molecule has 0 fully saturated rings. The van der Waals surface area contributed by atoms with Crippen LogP contribution < -0.4 is 29.1 Å². The molecular weight excluding hydrogens is 468 g/mol. The summed E-state index contributed by atoms with van der Waals surface area (Å²) in [5.74, 6) is 0.631. The number of benzene rings is 3. The van der Waals surface area contributed by atoms with E-state index in [0.717, 1.165) is 0 Å². The quantitative estimate of drug-likeness (QED) is 0.368. The summed E-state index contributed by atoms with van der Waals surface area (Å²) in [5, 5.41) is 9.44. The summed E-state index contributed by atoms with van der Waals surface area (Å²) in [6.45, 7) is 0. The van der Waals surface area contributed by atoms with Gasteiger partial charge in [-0.05, 0) is 35.9 Å². The number of rotatable bonds is 8. The topological polar surface area (TPSA) is 114 Å². The Kier molecular flexibility index (Phi) is 6.73. The zero-order valence-corrected chi connectivity index (χ0v) is 20.3. The van der Waals surface area contributed by atoms with Crippen LogP contribution in [0, 0.1) is 0 Å². The summed E-state index contributed by atoms with van der Waals surface area (Å²) >= 11 is 0. The van der Waals surface area contributed by atoms with E-state index in [-0.39, 0.29) is 33.8 Å². The predicted molar refractivity (Wildman–Crippen MR) is 133 cm³/mol. The molecule has 4 aromatic rings. The van der Waals surface area contributed by atoms with Crippen LogP contribution in [-0.2, 0) is 0 Å². The third-order valence-corrected chi connectivity index (χ3v) is 5.76. The molecule has 1 aromatic heterocycles. The first-order valence-corrected chi connectivity index (χ1v) is 10.7. The van der Waals surface area contributed by atoms with Crippen LogP contribution in [0.15, 0.2) is 57.7 Å². The zero-order chi connectivity index (χ0) is 26.0. The van der Waals surface area contributed by atoms with Gasteiger partial charge in [0.05, 0.1) is 46.7 Å². The van der Waals surface area contributed by atoms with E-state index in [1.165, 1.54) is 47.7 Å². The molecule has 0 radical (unpaired) electrons. The van der Waals surface area contributed by atoms with Crippen LogP contribution in [0.4, 0.5) is 0 Å². The SMILES string of the molecule is COc1ccc(-c2oc3c(-c4ccc(C(=O)O)cc4)c(OC)cc(OC)c3c(=O)c2OC)cc1OC. The van der Waals surface area contributed by atoms with Gasteiger partial charge >= 0.3 is 5.97 Å². The van der Waals surface area contributed by atoms with Crippen LogP contribution in [0.3, 0.4) is 0 Å². The van der Waals surface area contributed by atoms with Crippen LogP contribution in [0.5, 0.6) is 28.7 Å². The smallest absolute Gasteiger partial charge is 0.335 e. The van der Waals surface area contributed by atoms with Gasteiger partial charge in [-0.1, -0.05) is 12.1 Å².